The third kappa shape index (κ3) is 6.55. The maximum Gasteiger partial charge on any atom is 0.244 e. The summed E-state index contributed by atoms with van der Waals surface area (Å²) in [7, 11) is -1.52. The molecule has 0 unspecified atom stereocenters. The van der Waals surface area contributed by atoms with E-state index >= 15 is 0 Å². The Labute approximate surface area is 178 Å². The number of nitrogens with zero attached hydrogens (tertiary/aromatic N) is 1. The Bertz CT molecular complexity index is 931. The highest BCUT2D eigenvalue weighted by Gasteiger charge is 2.18. The number of likely N-dealkylation sites (N-methyl/N-ethyl adjacent to an activating group) is 1. The Morgan fingerprint density at radius 3 is 2.60 bits per heavy atom. The Balaban J connectivity index is 1.44. The molecule has 0 atom stereocenters. The van der Waals surface area contributed by atoms with E-state index in [0.29, 0.717) is 18.3 Å². The van der Waals surface area contributed by atoms with E-state index in [9.17, 15) is 13.2 Å². The fourth-order valence-corrected chi connectivity index (χ4v) is 4.53. The summed E-state index contributed by atoms with van der Waals surface area (Å²) in [5, 5.41) is 2.89. The number of carbonyl (C=O) groups is 1. The van der Waals surface area contributed by atoms with Gasteiger partial charge in [-0.05, 0) is 55.8 Å². The first-order valence-electron chi connectivity index (χ1n) is 10.2. The highest BCUT2D eigenvalue weighted by molar-refractivity contribution is 7.89. The van der Waals surface area contributed by atoms with Gasteiger partial charge in [0.25, 0.3) is 0 Å². The summed E-state index contributed by atoms with van der Waals surface area (Å²) >= 11 is 0. The number of sulfonamides is 1. The molecular formula is C22H29N3O4S. The molecule has 1 heterocycles. The number of amides is 1. The topological polar surface area (TPSA) is 91.7 Å². The zero-order valence-electron chi connectivity index (χ0n) is 17.2. The molecule has 0 bridgehead atoms. The van der Waals surface area contributed by atoms with Crippen molar-refractivity contribution in [3.8, 4) is 0 Å². The summed E-state index contributed by atoms with van der Waals surface area (Å²) in [6.07, 6.45) is 9.71. The third-order valence-electron chi connectivity index (χ3n) is 5.35. The van der Waals surface area contributed by atoms with E-state index in [4.69, 9.17) is 4.42 Å². The molecule has 0 aliphatic heterocycles. The third-order valence-corrected chi connectivity index (χ3v) is 6.76. The first kappa shape index (κ1) is 22.3. The smallest absolute Gasteiger partial charge is 0.244 e. The minimum Gasteiger partial charge on any atom is -0.468 e. The zero-order valence-corrected chi connectivity index (χ0v) is 18.0. The van der Waals surface area contributed by atoms with Gasteiger partial charge in [-0.2, -0.15) is 0 Å². The van der Waals surface area contributed by atoms with Gasteiger partial charge < -0.3 is 14.6 Å². The van der Waals surface area contributed by atoms with Gasteiger partial charge in [0.05, 0.1) is 17.7 Å². The standard InChI is InChI=1S/C22H29N3O4S/c1-25(19-5-2-3-6-19)15-14-23-22(26)13-10-18-8-11-21(12-9-18)30(27,28)24-17-20-7-4-16-29-20/h4,7-13,16,19,24H,2-3,5-6,14-15,17H2,1H3,(H,23,26)/b13-10+. The second kappa shape index (κ2) is 10.6. The molecule has 1 aromatic heterocycles. The van der Waals surface area contributed by atoms with Crippen molar-refractivity contribution in [1.82, 2.24) is 14.9 Å². The van der Waals surface area contributed by atoms with Gasteiger partial charge in [-0.25, -0.2) is 13.1 Å². The second-order valence-electron chi connectivity index (χ2n) is 7.52. The Morgan fingerprint density at radius 1 is 1.20 bits per heavy atom. The van der Waals surface area contributed by atoms with E-state index in [1.54, 1.807) is 30.3 Å². The van der Waals surface area contributed by atoms with Crippen molar-refractivity contribution in [2.75, 3.05) is 20.1 Å². The van der Waals surface area contributed by atoms with Crippen LogP contribution in [0.1, 0.15) is 37.0 Å². The SMILES string of the molecule is CN(CCNC(=O)/C=C/c1ccc(S(=O)(=O)NCc2ccco2)cc1)C1CCCC1. The quantitative estimate of drug-likeness (QED) is 0.565. The van der Waals surface area contributed by atoms with Crippen LogP contribution in [0.15, 0.2) is 58.1 Å². The predicted molar refractivity (Wildman–Crippen MR) is 116 cm³/mol. The van der Waals surface area contributed by atoms with Crippen molar-refractivity contribution in [2.24, 2.45) is 0 Å². The molecule has 2 aromatic rings. The molecule has 1 saturated carbocycles. The fraction of sp³-hybridized carbons (Fsp3) is 0.409. The van der Waals surface area contributed by atoms with E-state index in [-0.39, 0.29) is 17.3 Å². The maximum atomic E-state index is 12.3. The van der Waals surface area contributed by atoms with Crippen LogP contribution < -0.4 is 10.0 Å². The number of hydrogen-bond donors (Lipinski definition) is 2. The van der Waals surface area contributed by atoms with Gasteiger partial charge >= 0.3 is 0 Å². The number of benzene rings is 1. The van der Waals surface area contributed by atoms with Crippen LogP contribution in [0, 0.1) is 0 Å². The van der Waals surface area contributed by atoms with Crippen LogP contribution >= 0.6 is 0 Å². The van der Waals surface area contributed by atoms with Gasteiger partial charge in [-0.15, -0.1) is 0 Å². The molecule has 2 N–H and O–H groups in total. The Kier molecular flexibility index (Phi) is 7.84. The van der Waals surface area contributed by atoms with Gasteiger partial charge in [0, 0.05) is 25.2 Å². The molecule has 1 aliphatic carbocycles. The highest BCUT2D eigenvalue weighted by atomic mass is 32.2. The van der Waals surface area contributed by atoms with E-state index in [0.717, 1.165) is 12.1 Å². The summed E-state index contributed by atoms with van der Waals surface area (Å²) in [4.78, 5) is 14.5. The Morgan fingerprint density at radius 2 is 1.93 bits per heavy atom. The van der Waals surface area contributed by atoms with Crippen molar-refractivity contribution in [3.05, 3.63) is 60.1 Å². The zero-order chi connectivity index (χ0) is 21.4. The lowest BCUT2D eigenvalue weighted by molar-refractivity contribution is -0.116. The van der Waals surface area contributed by atoms with Gasteiger partial charge in [-0.1, -0.05) is 25.0 Å². The lowest BCUT2D eigenvalue weighted by Crippen LogP contribution is -2.36. The lowest BCUT2D eigenvalue weighted by atomic mass is 10.2. The van der Waals surface area contributed by atoms with Gasteiger partial charge in [-0.3, -0.25) is 4.79 Å². The van der Waals surface area contributed by atoms with Crippen LogP contribution in [-0.4, -0.2) is 45.4 Å². The fourth-order valence-electron chi connectivity index (χ4n) is 3.53. The van der Waals surface area contributed by atoms with Gasteiger partial charge in [0.2, 0.25) is 15.9 Å². The van der Waals surface area contributed by atoms with Gasteiger partial charge in [0.1, 0.15) is 5.76 Å². The predicted octanol–water partition coefficient (Wildman–Crippen LogP) is 2.76. The van der Waals surface area contributed by atoms with Crippen molar-refractivity contribution in [1.29, 1.82) is 0 Å². The molecule has 30 heavy (non-hydrogen) atoms. The molecule has 1 aromatic carbocycles. The van der Waals surface area contributed by atoms with Gasteiger partial charge in [0.15, 0.2) is 0 Å². The monoisotopic (exact) mass is 431 g/mol. The summed E-state index contributed by atoms with van der Waals surface area (Å²) in [5.41, 5.74) is 0.748. The number of carbonyl (C=O) groups excluding carboxylic acids is 1. The highest BCUT2D eigenvalue weighted by Crippen LogP contribution is 2.21. The van der Waals surface area contributed by atoms with Crippen LogP contribution in [0.3, 0.4) is 0 Å². The van der Waals surface area contributed by atoms with Crippen molar-refractivity contribution in [2.45, 2.75) is 43.2 Å². The van der Waals surface area contributed by atoms with Crippen LogP contribution in [0.4, 0.5) is 0 Å². The van der Waals surface area contributed by atoms with Crippen molar-refractivity contribution < 1.29 is 17.6 Å². The van der Waals surface area contributed by atoms with E-state index < -0.39 is 10.0 Å². The van der Waals surface area contributed by atoms with Crippen LogP contribution in [0.25, 0.3) is 6.08 Å². The summed E-state index contributed by atoms with van der Waals surface area (Å²) in [6.45, 7) is 1.53. The molecule has 1 aliphatic rings. The normalized spacial score (nSPS) is 15.3. The Hall–Kier alpha value is -2.42. The van der Waals surface area contributed by atoms with E-state index in [1.165, 1.54) is 50.2 Å². The molecule has 1 amide bonds. The summed E-state index contributed by atoms with van der Waals surface area (Å²) in [6, 6.07) is 10.4. The average molecular weight is 432 g/mol. The number of furan rings is 1. The minimum atomic E-state index is -3.63. The van der Waals surface area contributed by atoms with E-state index in [2.05, 4.69) is 22.0 Å². The second-order valence-corrected chi connectivity index (χ2v) is 9.28. The molecule has 3 rings (SSSR count). The van der Waals surface area contributed by atoms with Crippen LogP contribution in [0.5, 0.6) is 0 Å². The largest absolute Gasteiger partial charge is 0.468 e. The lowest BCUT2D eigenvalue weighted by Gasteiger charge is -2.23. The van der Waals surface area contributed by atoms with E-state index in [1.807, 2.05) is 0 Å². The minimum absolute atomic E-state index is 0.0904. The molecule has 162 valence electrons. The maximum absolute atomic E-state index is 12.3. The van der Waals surface area contributed by atoms with Crippen LogP contribution in [0.2, 0.25) is 0 Å². The molecule has 7 nitrogen and oxygen atoms in total. The average Bonchev–Trinajstić information content (AvgIpc) is 3.45. The molecule has 8 heteroatoms. The summed E-state index contributed by atoms with van der Waals surface area (Å²) in [5.74, 6) is 0.380. The first-order valence-corrected chi connectivity index (χ1v) is 11.7. The van der Waals surface area contributed by atoms with Crippen molar-refractivity contribution in [3.63, 3.8) is 0 Å². The van der Waals surface area contributed by atoms with Crippen LogP contribution in [-0.2, 0) is 21.4 Å². The summed E-state index contributed by atoms with van der Waals surface area (Å²) < 4.78 is 32.3. The molecule has 1 fully saturated rings. The number of nitrogens with one attached hydrogen (secondary N) is 2. The molecular weight excluding hydrogens is 402 g/mol. The first-order chi connectivity index (χ1) is 14.4. The number of hydrogen-bond acceptors (Lipinski definition) is 5. The molecule has 0 saturated heterocycles. The van der Waals surface area contributed by atoms with Crippen molar-refractivity contribution >= 4 is 22.0 Å². The molecule has 0 radical (unpaired) electrons. The molecule has 0 spiro atoms. The number of rotatable bonds is 10.